The average molecular weight is 239 g/mol. The number of carbonyl (C=O) groups is 2. The molecule has 0 spiro atoms. The molecule has 0 aliphatic carbocycles. The quantitative estimate of drug-likeness (QED) is 0.592. The van der Waals surface area contributed by atoms with Crippen LogP contribution in [-0.2, 0) is 9.53 Å². The van der Waals surface area contributed by atoms with Crippen molar-refractivity contribution < 1.29 is 14.3 Å². The highest BCUT2D eigenvalue weighted by Crippen LogP contribution is 2.08. The summed E-state index contributed by atoms with van der Waals surface area (Å²) in [6.45, 7) is 10.7. The maximum Gasteiger partial charge on any atom is 0.408 e. The lowest BCUT2D eigenvalue weighted by atomic mass is 10.1. The summed E-state index contributed by atoms with van der Waals surface area (Å²) in [6.07, 6.45) is 4.01. The molecule has 0 aromatic rings. The third-order valence-electron chi connectivity index (χ3n) is 1.81. The minimum absolute atomic E-state index is 0.453. The number of rotatable bonds is 5. The van der Waals surface area contributed by atoms with Crippen molar-refractivity contribution in [1.29, 1.82) is 0 Å². The topological polar surface area (TPSA) is 55.4 Å². The molecular formula is C13H21NO3. The summed E-state index contributed by atoms with van der Waals surface area (Å²) in [6, 6.07) is -0.568. The van der Waals surface area contributed by atoms with E-state index in [2.05, 4.69) is 11.9 Å². The zero-order valence-electron chi connectivity index (χ0n) is 10.9. The molecule has 0 unspecified atom stereocenters. The van der Waals surface area contributed by atoms with Gasteiger partial charge in [-0.25, -0.2) is 4.79 Å². The predicted octanol–water partition coefficient (Wildman–Crippen LogP) is 2.60. The fraction of sp³-hybridized carbons (Fsp3) is 0.538. The van der Waals surface area contributed by atoms with Crippen LogP contribution in [0.2, 0.25) is 0 Å². The van der Waals surface area contributed by atoms with Gasteiger partial charge in [-0.2, -0.15) is 0 Å². The second-order valence-corrected chi connectivity index (χ2v) is 4.84. The molecule has 1 N–H and O–H groups in total. The highest BCUT2D eigenvalue weighted by atomic mass is 16.6. The zero-order valence-corrected chi connectivity index (χ0v) is 10.9. The fourth-order valence-electron chi connectivity index (χ4n) is 1.21. The molecule has 1 amide bonds. The molecule has 0 bridgehead atoms. The van der Waals surface area contributed by atoms with Crippen molar-refractivity contribution in [3.8, 4) is 0 Å². The fourth-order valence-corrected chi connectivity index (χ4v) is 1.21. The normalized spacial score (nSPS) is 13.8. The highest BCUT2D eigenvalue weighted by Gasteiger charge is 2.19. The first kappa shape index (κ1) is 15.4. The third kappa shape index (κ3) is 8.25. The Balaban J connectivity index is 4.32. The molecular weight excluding hydrogens is 218 g/mol. The first-order valence-electron chi connectivity index (χ1n) is 5.51. The highest BCUT2D eigenvalue weighted by molar-refractivity contribution is 5.73. The molecule has 0 radical (unpaired) electrons. The summed E-state index contributed by atoms with van der Waals surface area (Å²) >= 11 is 0. The Morgan fingerprint density at radius 3 is 2.47 bits per heavy atom. The van der Waals surface area contributed by atoms with Crippen LogP contribution in [0.25, 0.3) is 0 Å². The molecule has 0 rings (SSSR count). The Morgan fingerprint density at radius 1 is 1.47 bits per heavy atom. The molecule has 0 heterocycles. The Labute approximate surface area is 103 Å². The van der Waals surface area contributed by atoms with Gasteiger partial charge in [0.25, 0.3) is 0 Å². The lowest BCUT2D eigenvalue weighted by molar-refractivity contribution is -0.109. The molecule has 0 saturated carbocycles. The summed E-state index contributed by atoms with van der Waals surface area (Å²) in [5.41, 5.74) is 0.400. The average Bonchev–Trinajstić information content (AvgIpc) is 2.13. The van der Waals surface area contributed by atoms with E-state index in [0.717, 1.165) is 5.57 Å². The van der Waals surface area contributed by atoms with Gasteiger partial charge in [-0.15, -0.1) is 0 Å². The number of aldehydes is 1. The number of nitrogens with one attached hydrogen (secondary N) is 1. The first-order chi connectivity index (χ1) is 7.78. The number of ether oxygens (including phenoxy) is 1. The van der Waals surface area contributed by atoms with Crippen LogP contribution < -0.4 is 5.32 Å². The Morgan fingerprint density at radius 2 is 2.06 bits per heavy atom. The van der Waals surface area contributed by atoms with Crippen molar-refractivity contribution in [2.24, 2.45) is 0 Å². The maximum absolute atomic E-state index is 11.4. The SMILES string of the molecule is C=C/C=C(\C)C[C@@H](C=O)NC(=O)OC(C)(C)C. The van der Waals surface area contributed by atoms with Crippen LogP contribution in [0.5, 0.6) is 0 Å². The van der Waals surface area contributed by atoms with E-state index in [1.54, 1.807) is 32.9 Å². The van der Waals surface area contributed by atoms with Gasteiger partial charge in [0.2, 0.25) is 0 Å². The molecule has 96 valence electrons. The van der Waals surface area contributed by atoms with Gasteiger partial charge in [0.05, 0.1) is 6.04 Å². The van der Waals surface area contributed by atoms with Gasteiger partial charge in [-0.1, -0.05) is 24.3 Å². The smallest absolute Gasteiger partial charge is 0.408 e. The van der Waals surface area contributed by atoms with Gasteiger partial charge in [0.1, 0.15) is 11.9 Å². The number of amides is 1. The molecule has 0 aromatic heterocycles. The molecule has 0 aliphatic heterocycles. The summed E-state index contributed by atoms with van der Waals surface area (Å²) < 4.78 is 5.06. The van der Waals surface area contributed by atoms with Crippen LogP contribution in [-0.4, -0.2) is 24.0 Å². The third-order valence-corrected chi connectivity index (χ3v) is 1.81. The van der Waals surface area contributed by atoms with Crippen molar-refractivity contribution in [2.75, 3.05) is 0 Å². The largest absolute Gasteiger partial charge is 0.444 e. The van der Waals surface area contributed by atoms with Gasteiger partial charge < -0.3 is 14.8 Å². The van der Waals surface area contributed by atoms with E-state index < -0.39 is 17.7 Å². The summed E-state index contributed by atoms with van der Waals surface area (Å²) in [7, 11) is 0. The maximum atomic E-state index is 11.4. The lowest BCUT2D eigenvalue weighted by Gasteiger charge is -2.21. The van der Waals surface area contributed by atoms with Crippen LogP contribution in [0, 0.1) is 0 Å². The Hall–Kier alpha value is -1.58. The van der Waals surface area contributed by atoms with Gasteiger partial charge in [0.15, 0.2) is 0 Å². The lowest BCUT2D eigenvalue weighted by Crippen LogP contribution is -2.40. The first-order valence-corrected chi connectivity index (χ1v) is 5.51. The zero-order chi connectivity index (χ0) is 13.5. The van der Waals surface area contributed by atoms with Gasteiger partial charge in [-0.05, 0) is 34.1 Å². The Kier molecular flexibility index (Phi) is 6.25. The van der Waals surface area contributed by atoms with E-state index >= 15 is 0 Å². The van der Waals surface area contributed by atoms with E-state index in [0.29, 0.717) is 12.7 Å². The molecule has 4 heteroatoms. The second kappa shape index (κ2) is 6.89. The van der Waals surface area contributed by atoms with E-state index in [4.69, 9.17) is 4.74 Å². The number of alkyl carbamates (subject to hydrolysis) is 1. The molecule has 4 nitrogen and oxygen atoms in total. The summed E-state index contributed by atoms with van der Waals surface area (Å²) in [5.74, 6) is 0. The second-order valence-electron chi connectivity index (χ2n) is 4.84. The van der Waals surface area contributed by atoms with E-state index in [-0.39, 0.29) is 0 Å². The van der Waals surface area contributed by atoms with Crippen molar-refractivity contribution in [2.45, 2.75) is 45.8 Å². The van der Waals surface area contributed by atoms with E-state index in [9.17, 15) is 9.59 Å². The molecule has 0 saturated heterocycles. The van der Waals surface area contributed by atoms with E-state index in [1.165, 1.54) is 0 Å². The molecule has 0 aliphatic rings. The number of carbonyl (C=O) groups excluding carboxylic acids is 2. The Bertz CT molecular complexity index is 313. The van der Waals surface area contributed by atoms with Gasteiger partial charge in [0, 0.05) is 0 Å². The number of allylic oxidation sites excluding steroid dienone is 2. The van der Waals surface area contributed by atoms with Gasteiger partial charge in [-0.3, -0.25) is 0 Å². The monoisotopic (exact) mass is 239 g/mol. The van der Waals surface area contributed by atoms with Crippen LogP contribution in [0.3, 0.4) is 0 Å². The standard InChI is InChI=1S/C13H21NO3/c1-6-7-10(2)8-11(9-15)14-12(16)17-13(3,4)5/h6-7,9,11H,1,8H2,2-5H3,(H,14,16)/b10-7+/t11-/m0/s1. The molecule has 17 heavy (non-hydrogen) atoms. The van der Waals surface area contributed by atoms with Crippen molar-refractivity contribution in [1.82, 2.24) is 5.32 Å². The minimum atomic E-state index is -0.582. The minimum Gasteiger partial charge on any atom is -0.444 e. The molecule has 0 aromatic carbocycles. The van der Waals surface area contributed by atoms with Crippen LogP contribution in [0.1, 0.15) is 34.1 Å². The predicted molar refractivity (Wildman–Crippen MR) is 67.8 cm³/mol. The number of hydrogen-bond donors (Lipinski definition) is 1. The van der Waals surface area contributed by atoms with Gasteiger partial charge >= 0.3 is 6.09 Å². The summed E-state index contributed by atoms with van der Waals surface area (Å²) in [4.78, 5) is 22.3. The number of hydrogen-bond acceptors (Lipinski definition) is 3. The van der Waals surface area contributed by atoms with Crippen LogP contribution in [0.15, 0.2) is 24.3 Å². The van der Waals surface area contributed by atoms with Crippen molar-refractivity contribution in [3.63, 3.8) is 0 Å². The van der Waals surface area contributed by atoms with E-state index in [1.807, 2.05) is 6.92 Å². The summed E-state index contributed by atoms with van der Waals surface area (Å²) in [5, 5.41) is 2.51. The van der Waals surface area contributed by atoms with Crippen LogP contribution >= 0.6 is 0 Å². The van der Waals surface area contributed by atoms with Crippen molar-refractivity contribution in [3.05, 3.63) is 24.3 Å². The molecule has 1 atom stereocenters. The van der Waals surface area contributed by atoms with Crippen molar-refractivity contribution >= 4 is 12.4 Å². The van der Waals surface area contributed by atoms with Crippen LogP contribution in [0.4, 0.5) is 4.79 Å². The molecule has 0 fully saturated rings.